The molecule has 0 radical (unpaired) electrons. The lowest BCUT2D eigenvalue weighted by molar-refractivity contribution is -0.104. The molecule has 0 aromatic heterocycles. The first-order valence-corrected chi connectivity index (χ1v) is 5.86. The van der Waals surface area contributed by atoms with E-state index in [1.165, 1.54) is 16.7 Å². The Morgan fingerprint density at radius 3 is 1.69 bits per heavy atom. The highest BCUT2D eigenvalue weighted by Crippen LogP contribution is 2.21. The van der Waals surface area contributed by atoms with Crippen LogP contribution in [0.1, 0.15) is 47.5 Å². The second-order valence-electron chi connectivity index (χ2n) is 4.78. The fourth-order valence-corrected chi connectivity index (χ4v) is 1.47. The van der Waals surface area contributed by atoms with Crippen molar-refractivity contribution in [3.63, 3.8) is 0 Å². The monoisotopic (exact) mass is 220 g/mol. The van der Waals surface area contributed by atoms with Crippen LogP contribution in [0, 0.1) is 5.92 Å². The minimum absolute atomic E-state index is 0.454. The Morgan fingerprint density at radius 1 is 0.938 bits per heavy atom. The summed E-state index contributed by atoms with van der Waals surface area (Å²) in [6.45, 7) is 10.5. The zero-order valence-electron chi connectivity index (χ0n) is 11.2. The zero-order chi connectivity index (χ0) is 12.6. The third-order valence-corrected chi connectivity index (χ3v) is 2.60. The van der Waals surface area contributed by atoms with Gasteiger partial charge in [-0.1, -0.05) is 28.9 Å². The van der Waals surface area contributed by atoms with Gasteiger partial charge in [-0.15, -0.1) is 0 Å². The number of aldehydes is 1. The molecule has 16 heavy (non-hydrogen) atoms. The number of carbonyl (C=O) groups is 1. The van der Waals surface area contributed by atoms with Gasteiger partial charge < -0.3 is 0 Å². The van der Waals surface area contributed by atoms with Gasteiger partial charge in [0.25, 0.3) is 0 Å². The van der Waals surface area contributed by atoms with E-state index >= 15 is 0 Å². The molecule has 0 N–H and O–H groups in total. The quantitative estimate of drug-likeness (QED) is 0.367. The predicted molar refractivity (Wildman–Crippen MR) is 71.4 cm³/mol. The highest BCUT2D eigenvalue weighted by molar-refractivity contribution is 5.66. The van der Waals surface area contributed by atoms with Crippen LogP contribution < -0.4 is 0 Å². The molecule has 0 aromatic rings. The molecule has 0 fully saturated rings. The minimum atomic E-state index is 0.454. The van der Waals surface area contributed by atoms with Gasteiger partial charge in [0.1, 0.15) is 6.29 Å². The van der Waals surface area contributed by atoms with Gasteiger partial charge in [0.2, 0.25) is 0 Å². The van der Waals surface area contributed by atoms with Crippen LogP contribution in [-0.2, 0) is 4.79 Å². The lowest BCUT2D eigenvalue weighted by atomic mass is 9.91. The molecule has 0 heterocycles. The second-order valence-corrected chi connectivity index (χ2v) is 4.78. The highest BCUT2D eigenvalue weighted by atomic mass is 16.1. The third-order valence-electron chi connectivity index (χ3n) is 2.60. The van der Waals surface area contributed by atoms with Gasteiger partial charge in [-0.25, -0.2) is 0 Å². The normalized spacial score (nSPS) is 11.2. The number of allylic oxidation sites excluding steroid dienone is 6. The highest BCUT2D eigenvalue weighted by Gasteiger charge is 2.07. The smallest absolute Gasteiger partial charge is 0.142 e. The van der Waals surface area contributed by atoms with Crippen molar-refractivity contribution in [1.29, 1.82) is 0 Å². The van der Waals surface area contributed by atoms with Crippen molar-refractivity contribution in [2.45, 2.75) is 47.5 Å². The maximum Gasteiger partial charge on any atom is 0.142 e. The number of hydrogen-bond acceptors (Lipinski definition) is 1. The van der Waals surface area contributed by atoms with E-state index in [0.717, 1.165) is 19.1 Å². The van der Waals surface area contributed by atoms with Crippen LogP contribution in [0.15, 0.2) is 34.9 Å². The summed E-state index contributed by atoms with van der Waals surface area (Å²) in [6.07, 6.45) is 9.08. The fraction of sp³-hybridized carbons (Fsp3) is 0.533. The molecule has 0 rings (SSSR count). The van der Waals surface area contributed by atoms with Gasteiger partial charge in [0.05, 0.1) is 0 Å². The third kappa shape index (κ3) is 7.22. The van der Waals surface area contributed by atoms with Crippen LogP contribution in [0.25, 0.3) is 0 Å². The van der Waals surface area contributed by atoms with Crippen molar-refractivity contribution in [2.75, 3.05) is 0 Å². The summed E-state index contributed by atoms with van der Waals surface area (Å²) >= 11 is 0. The zero-order valence-corrected chi connectivity index (χ0v) is 11.2. The predicted octanol–water partition coefficient (Wildman–Crippen LogP) is 4.46. The topological polar surface area (TPSA) is 17.1 Å². The Kier molecular flexibility index (Phi) is 7.53. The van der Waals surface area contributed by atoms with Crippen LogP contribution in [0.5, 0.6) is 0 Å². The van der Waals surface area contributed by atoms with Crippen LogP contribution in [0.4, 0.5) is 0 Å². The maximum absolute atomic E-state index is 10.5. The van der Waals surface area contributed by atoms with Crippen LogP contribution in [-0.4, -0.2) is 6.29 Å². The van der Waals surface area contributed by atoms with E-state index in [4.69, 9.17) is 0 Å². The molecule has 0 aliphatic carbocycles. The Bertz CT molecular complexity index is 277. The first-order chi connectivity index (χ1) is 7.47. The summed E-state index contributed by atoms with van der Waals surface area (Å²) in [7, 11) is 0. The summed E-state index contributed by atoms with van der Waals surface area (Å²) in [5.74, 6) is 0.454. The average molecular weight is 220 g/mol. The molecule has 0 spiro atoms. The Morgan fingerprint density at radius 2 is 1.38 bits per heavy atom. The van der Waals surface area contributed by atoms with E-state index < -0.39 is 0 Å². The van der Waals surface area contributed by atoms with E-state index in [0.29, 0.717) is 5.92 Å². The molecule has 0 saturated carbocycles. The maximum atomic E-state index is 10.5. The van der Waals surface area contributed by atoms with Gasteiger partial charge >= 0.3 is 0 Å². The standard InChI is InChI=1S/C15H24O/c1-12(2)6-8-15(9-7-13(3)4)14(5)10-11-16/h6-7,10-11,15H,8-9H2,1-5H3/b14-10+. The SMILES string of the molecule is CC(C)=CCC(CC=C(C)C)/C(C)=C/C=O. The molecule has 1 heteroatoms. The summed E-state index contributed by atoms with van der Waals surface area (Å²) in [4.78, 5) is 10.5. The second kappa shape index (κ2) is 8.09. The van der Waals surface area contributed by atoms with Crippen LogP contribution in [0.2, 0.25) is 0 Å². The molecule has 0 aliphatic heterocycles. The summed E-state index contributed by atoms with van der Waals surface area (Å²) in [6, 6.07) is 0. The molecule has 1 nitrogen and oxygen atoms in total. The lowest BCUT2D eigenvalue weighted by Crippen LogP contribution is -2.00. The van der Waals surface area contributed by atoms with E-state index in [-0.39, 0.29) is 0 Å². The first-order valence-electron chi connectivity index (χ1n) is 5.86. The van der Waals surface area contributed by atoms with Gasteiger partial charge in [-0.05, 0) is 59.5 Å². The Labute approximate surface area is 99.9 Å². The van der Waals surface area contributed by atoms with Crippen molar-refractivity contribution in [3.8, 4) is 0 Å². The summed E-state index contributed by atoms with van der Waals surface area (Å²) in [5, 5.41) is 0. The van der Waals surface area contributed by atoms with Crippen molar-refractivity contribution in [2.24, 2.45) is 5.92 Å². The summed E-state index contributed by atoms with van der Waals surface area (Å²) < 4.78 is 0. The van der Waals surface area contributed by atoms with Gasteiger partial charge in [0, 0.05) is 0 Å². The van der Waals surface area contributed by atoms with Crippen molar-refractivity contribution in [3.05, 3.63) is 34.9 Å². The van der Waals surface area contributed by atoms with Crippen LogP contribution in [0.3, 0.4) is 0 Å². The molecule has 0 aromatic carbocycles. The molecule has 0 unspecified atom stereocenters. The Balaban J connectivity index is 4.63. The van der Waals surface area contributed by atoms with Crippen molar-refractivity contribution < 1.29 is 4.79 Å². The minimum Gasteiger partial charge on any atom is -0.299 e. The fourth-order valence-electron chi connectivity index (χ4n) is 1.47. The first kappa shape index (κ1) is 14.9. The van der Waals surface area contributed by atoms with Crippen molar-refractivity contribution in [1.82, 2.24) is 0 Å². The average Bonchev–Trinajstić information content (AvgIpc) is 2.17. The van der Waals surface area contributed by atoms with E-state index in [1.54, 1.807) is 6.08 Å². The number of hydrogen-bond donors (Lipinski definition) is 0. The number of carbonyl (C=O) groups excluding carboxylic acids is 1. The van der Waals surface area contributed by atoms with E-state index in [2.05, 4.69) is 39.8 Å². The molecular weight excluding hydrogens is 196 g/mol. The molecule has 0 bridgehead atoms. The van der Waals surface area contributed by atoms with Gasteiger partial charge in [-0.3, -0.25) is 4.79 Å². The van der Waals surface area contributed by atoms with E-state index in [9.17, 15) is 4.79 Å². The van der Waals surface area contributed by atoms with Gasteiger partial charge in [0.15, 0.2) is 0 Å². The van der Waals surface area contributed by atoms with Gasteiger partial charge in [-0.2, -0.15) is 0 Å². The summed E-state index contributed by atoms with van der Waals surface area (Å²) in [5.41, 5.74) is 3.84. The molecule has 90 valence electrons. The Hall–Kier alpha value is -1.11. The molecule has 0 saturated heterocycles. The van der Waals surface area contributed by atoms with E-state index in [1.807, 2.05) is 6.92 Å². The molecule has 0 atom stereocenters. The molecular formula is C15H24O. The van der Waals surface area contributed by atoms with Crippen LogP contribution >= 0.6 is 0 Å². The molecule has 0 amide bonds. The number of rotatable bonds is 6. The van der Waals surface area contributed by atoms with Crippen molar-refractivity contribution >= 4 is 6.29 Å². The largest absolute Gasteiger partial charge is 0.299 e. The lowest BCUT2D eigenvalue weighted by Gasteiger charge is -2.14. The molecule has 0 aliphatic rings.